The topological polar surface area (TPSA) is 45.9 Å². The van der Waals surface area contributed by atoms with Crippen LogP contribution in [0.3, 0.4) is 0 Å². The van der Waals surface area contributed by atoms with Crippen molar-refractivity contribution < 1.29 is 4.74 Å². The maximum absolute atomic E-state index is 8.80. The van der Waals surface area contributed by atoms with Gasteiger partial charge in [-0.25, -0.2) is 4.98 Å². The standard InChI is InChI=1S/C14H11BrN2O/c1-10-7-11(8-16)4-5-12(10)9-18-13-3-2-6-17-14(13)15/h2-7H,9H2,1H3. The number of nitriles is 1. The van der Waals surface area contributed by atoms with Crippen LogP contribution in [0.5, 0.6) is 5.75 Å². The molecule has 2 aromatic rings. The van der Waals surface area contributed by atoms with E-state index in [9.17, 15) is 0 Å². The van der Waals surface area contributed by atoms with Crippen molar-refractivity contribution in [1.82, 2.24) is 4.98 Å². The molecular weight excluding hydrogens is 292 g/mol. The minimum absolute atomic E-state index is 0.460. The molecule has 0 amide bonds. The summed E-state index contributed by atoms with van der Waals surface area (Å²) in [5.74, 6) is 0.709. The number of halogens is 1. The Bertz CT molecular complexity index is 605. The molecule has 0 unspecified atom stereocenters. The molecule has 1 aromatic heterocycles. The van der Waals surface area contributed by atoms with Crippen LogP contribution in [-0.4, -0.2) is 4.98 Å². The highest BCUT2D eigenvalue weighted by atomic mass is 79.9. The fraction of sp³-hybridized carbons (Fsp3) is 0.143. The fourth-order valence-electron chi connectivity index (χ4n) is 1.56. The van der Waals surface area contributed by atoms with Gasteiger partial charge in [-0.2, -0.15) is 5.26 Å². The Kier molecular flexibility index (Phi) is 3.96. The minimum Gasteiger partial charge on any atom is -0.486 e. The second-order valence-corrected chi connectivity index (χ2v) is 4.59. The number of pyridine rings is 1. The second kappa shape index (κ2) is 5.65. The van der Waals surface area contributed by atoms with Gasteiger partial charge < -0.3 is 4.74 Å². The van der Waals surface area contributed by atoms with Gasteiger partial charge in [0.15, 0.2) is 5.75 Å². The monoisotopic (exact) mass is 302 g/mol. The Morgan fingerprint density at radius 1 is 1.39 bits per heavy atom. The van der Waals surface area contributed by atoms with Crippen molar-refractivity contribution in [1.29, 1.82) is 5.26 Å². The zero-order valence-corrected chi connectivity index (χ0v) is 11.4. The van der Waals surface area contributed by atoms with E-state index in [-0.39, 0.29) is 0 Å². The molecule has 0 fully saturated rings. The first kappa shape index (κ1) is 12.6. The minimum atomic E-state index is 0.460. The Morgan fingerprint density at radius 3 is 2.89 bits per heavy atom. The van der Waals surface area contributed by atoms with E-state index in [4.69, 9.17) is 10.00 Å². The third kappa shape index (κ3) is 2.88. The lowest BCUT2D eigenvalue weighted by atomic mass is 10.1. The lowest BCUT2D eigenvalue weighted by Crippen LogP contribution is -1.99. The molecule has 0 aliphatic heterocycles. The van der Waals surface area contributed by atoms with Crippen LogP contribution in [0.4, 0.5) is 0 Å². The first-order valence-corrected chi connectivity index (χ1v) is 6.23. The normalized spacial score (nSPS) is 9.83. The van der Waals surface area contributed by atoms with Gasteiger partial charge in [0.1, 0.15) is 11.2 Å². The molecule has 0 N–H and O–H groups in total. The number of ether oxygens (including phenoxy) is 1. The van der Waals surface area contributed by atoms with E-state index in [1.54, 1.807) is 12.3 Å². The molecule has 0 saturated carbocycles. The molecule has 90 valence electrons. The molecular formula is C14H11BrN2O. The lowest BCUT2D eigenvalue weighted by molar-refractivity contribution is 0.302. The first-order valence-electron chi connectivity index (χ1n) is 5.43. The molecule has 18 heavy (non-hydrogen) atoms. The molecule has 0 atom stereocenters. The summed E-state index contributed by atoms with van der Waals surface area (Å²) >= 11 is 3.33. The third-order valence-corrected chi connectivity index (χ3v) is 3.18. The summed E-state index contributed by atoms with van der Waals surface area (Å²) < 4.78 is 6.38. The maximum atomic E-state index is 8.80. The van der Waals surface area contributed by atoms with Crippen molar-refractivity contribution in [2.45, 2.75) is 13.5 Å². The summed E-state index contributed by atoms with van der Waals surface area (Å²) in [4.78, 5) is 4.09. The van der Waals surface area contributed by atoms with Crippen molar-refractivity contribution in [3.8, 4) is 11.8 Å². The molecule has 0 bridgehead atoms. The molecule has 0 aliphatic rings. The van der Waals surface area contributed by atoms with Crippen molar-refractivity contribution in [2.75, 3.05) is 0 Å². The van der Waals surface area contributed by atoms with Crippen LogP contribution in [0.25, 0.3) is 0 Å². The van der Waals surface area contributed by atoms with Gasteiger partial charge in [-0.3, -0.25) is 0 Å². The Morgan fingerprint density at radius 2 is 2.22 bits per heavy atom. The molecule has 2 rings (SSSR count). The second-order valence-electron chi connectivity index (χ2n) is 3.83. The van der Waals surface area contributed by atoms with Crippen LogP contribution in [0.1, 0.15) is 16.7 Å². The van der Waals surface area contributed by atoms with Crippen molar-refractivity contribution in [2.24, 2.45) is 0 Å². The van der Waals surface area contributed by atoms with Gasteiger partial charge in [0, 0.05) is 6.20 Å². The number of rotatable bonds is 3. The van der Waals surface area contributed by atoms with E-state index in [1.807, 2.05) is 31.2 Å². The van der Waals surface area contributed by atoms with Gasteiger partial charge in [0.2, 0.25) is 0 Å². The molecule has 1 aromatic carbocycles. The van der Waals surface area contributed by atoms with Crippen LogP contribution >= 0.6 is 15.9 Å². The molecule has 0 radical (unpaired) electrons. The van der Waals surface area contributed by atoms with Crippen LogP contribution in [0.2, 0.25) is 0 Å². The number of nitrogens with zero attached hydrogens (tertiary/aromatic N) is 2. The Balaban J connectivity index is 2.12. The summed E-state index contributed by atoms with van der Waals surface area (Å²) in [6.45, 7) is 2.43. The van der Waals surface area contributed by atoms with E-state index < -0.39 is 0 Å². The average molecular weight is 303 g/mol. The van der Waals surface area contributed by atoms with E-state index in [0.29, 0.717) is 22.5 Å². The zero-order chi connectivity index (χ0) is 13.0. The van der Waals surface area contributed by atoms with Crippen molar-refractivity contribution in [3.63, 3.8) is 0 Å². The van der Waals surface area contributed by atoms with Gasteiger partial charge in [-0.1, -0.05) is 6.07 Å². The quantitative estimate of drug-likeness (QED) is 0.814. The fourth-order valence-corrected chi connectivity index (χ4v) is 1.93. The van der Waals surface area contributed by atoms with Crippen LogP contribution in [-0.2, 0) is 6.61 Å². The summed E-state index contributed by atoms with van der Waals surface area (Å²) in [6, 6.07) is 11.4. The maximum Gasteiger partial charge on any atom is 0.152 e. The highest BCUT2D eigenvalue weighted by molar-refractivity contribution is 9.10. The van der Waals surface area contributed by atoms with E-state index in [2.05, 4.69) is 27.0 Å². The average Bonchev–Trinajstić information content (AvgIpc) is 2.39. The van der Waals surface area contributed by atoms with Crippen molar-refractivity contribution >= 4 is 15.9 Å². The number of aryl methyl sites for hydroxylation is 1. The predicted octanol–water partition coefficient (Wildman–Crippen LogP) is 3.60. The molecule has 4 heteroatoms. The highest BCUT2D eigenvalue weighted by Crippen LogP contribution is 2.22. The van der Waals surface area contributed by atoms with Gasteiger partial charge in [0.05, 0.1) is 11.6 Å². The first-order chi connectivity index (χ1) is 8.70. The Hall–Kier alpha value is -1.86. The summed E-state index contributed by atoms with van der Waals surface area (Å²) in [7, 11) is 0. The molecule has 3 nitrogen and oxygen atoms in total. The number of aromatic nitrogens is 1. The van der Waals surface area contributed by atoms with Gasteiger partial charge >= 0.3 is 0 Å². The number of benzene rings is 1. The smallest absolute Gasteiger partial charge is 0.152 e. The summed E-state index contributed by atoms with van der Waals surface area (Å²) in [5, 5.41) is 8.80. The van der Waals surface area contributed by atoms with Gasteiger partial charge in [-0.05, 0) is 58.2 Å². The van der Waals surface area contributed by atoms with Crippen molar-refractivity contribution in [3.05, 3.63) is 57.8 Å². The third-order valence-electron chi connectivity index (χ3n) is 2.58. The van der Waals surface area contributed by atoms with E-state index in [1.165, 1.54) is 0 Å². The molecule has 0 saturated heterocycles. The molecule has 0 spiro atoms. The summed E-state index contributed by atoms with van der Waals surface area (Å²) in [5.41, 5.74) is 2.78. The van der Waals surface area contributed by atoms with E-state index >= 15 is 0 Å². The number of hydrogen-bond donors (Lipinski definition) is 0. The van der Waals surface area contributed by atoms with E-state index in [0.717, 1.165) is 11.1 Å². The highest BCUT2D eigenvalue weighted by Gasteiger charge is 2.04. The van der Waals surface area contributed by atoms with Crippen LogP contribution in [0.15, 0.2) is 41.1 Å². The predicted molar refractivity (Wildman–Crippen MR) is 72.2 cm³/mol. The Labute approximate surface area is 114 Å². The summed E-state index contributed by atoms with van der Waals surface area (Å²) in [6.07, 6.45) is 1.70. The van der Waals surface area contributed by atoms with Gasteiger partial charge in [0.25, 0.3) is 0 Å². The lowest BCUT2D eigenvalue weighted by Gasteiger charge is -2.09. The van der Waals surface area contributed by atoms with Crippen LogP contribution in [0, 0.1) is 18.3 Å². The SMILES string of the molecule is Cc1cc(C#N)ccc1COc1cccnc1Br. The van der Waals surface area contributed by atoms with Gasteiger partial charge in [-0.15, -0.1) is 0 Å². The zero-order valence-electron chi connectivity index (χ0n) is 9.85. The number of hydrogen-bond acceptors (Lipinski definition) is 3. The van der Waals surface area contributed by atoms with Crippen LogP contribution < -0.4 is 4.74 Å². The molecule has 1 heterocycles. The molecule has 0 aliphatic carbocycles. The largest absolute Gasteiger partial charge is 0.486 e.